The minimum absolute atomic E-state index is 0.733. The van der Waals surface area contributed by atoms with Crippen LogP contribution in [-0.4, -0.2) is 37.6 Å². The fourth-order valence-electron chi connectivity index (χ4n) is 2.22. The summed E-state index contributed by atoms with van der Waals surface area (Å²) < 4.78 is 0. The zero-order valence-corrected chi connectivity index (χ0v) is 12.8. The summed E-state index contributed by atoms with van der Waals surface area (Å²) in [6, 6.07) is 0.733. The molecule has 0 amide bonds. The van der Waals surface area contributed by atoms with Gasteiger partial charge in [0.25, 0.3) is 0 Å². The van der Waals surface area contributed by atoms with Gasteiger partial charge in [0, 0.05) is 6.04 Å². The molecule has 0 saturated carbocycles. The van der Waals surface area contributed by atoms with Gasteiger partial charge in [0.05, 0.1) is 0 Å². The van der Waals surface area contributed by atoms with E-state index in [1.54, 1.807) is 0 Å². The molecule has 2 nitrogen and oxygen atoms in total. The summed E-state index contributed by atoms with van der Waals surface area (Å²) in [7, 11) is 2.27. The first-order chi connectivity index (χ1) is 8.07. The van der Waals surface area contributed by atoms with Crippen molar-refractivity contribution in [3.05, 3.63) is 0 Å². The molecule has 0 aliphatic rings. The van der Waals surface area contributed by atoms with E-state index >= 15 is 0 Å². The Kier molecular flexibility index (Phi) is 11.0. The van der Waals surface area contributed by atoms with Crippen molar-refractivity contribution in [2.24, 2.45) is 5.92 Å². The van der Waals surface area contributed by atoms with Crippen molar-refractivity contribution in [1.29, 1.82) is 0 Å². The molecule has 1 unspecified atom stereocenters. The third-order valence-corrected chi connectivity index (χ3v) is 3.43. The van der Waals surface area contributed by atoms with Crippen molar-refractivity contribution < 1.29 is 0 Å². The topological polar surface area (TPSA) is 15.3 Å². The van der Waals surface area contributed by atoms with Gasteiger partial charge >= 0.3 is 0 Å². The van der Waals surface area contributed by atoms with Gasteiger partial charge < -0.3 is 10.2 Å². The summed E-state index contributed by atoms with van der Waals surface area (Å²) in [5.74, 6) is 0.813. The molecule has 0 bridgehead atoms. The van der Waals surface area contributed by atoms with Gasteiger partial charge in [0.2, 0.25) is 0 Å². The third kappa shape index (κ3) is 10.8. The lowest BCUT2D eigenvalue weighted by Crippen LogP contribution is -2.31. The Morgan fingerprint density at radius 1 is 1.00 bits per heavy atom. The van der Waals surface area contributed by atoms with Gasteiger partial charge in [-0.05, 0) is 58.8 Å². The summed E-state index contributed by atoms with van der Waals surface area (Å²) in [6.07, 6.45) is 6.75. The van der Waals surface area contributed by atoms with Crippen LogP contribution in [0.1, 0.15) is 59.8 Å². The molecular weight excluding hydrogens is 208 g/mol. The minimum Gasteiger partial charge on any atom is -0.317 e. The van der Waals surface area contributed by atoms with Crippen LogP contribution in [0.25, 0.3) is 0 Å². The van der Waals surface area contributed by atoms with Crippen LogP contribution in [0.3, 0.4) is 0 Å². The number of nitrogens with zero attached hydrogens (tertiary/aromatic N) is 1. The van der Waals surface area contributed by atoms with Crippen LogP contribution in [0.5, 0.6) is 0 Å². The Hall–Kier alpha value is -0.0800. The predicted octanol–water partition coefficient (Wildman–Crippen LogP) is 3.52. The minimum atomic E-state index is 0.733. The maximum absolute atomic E-state index is 3.38. The Balaban J connectivity index is 3.35. The average molecular weight is 242 g/mol. The molecular formula is C15H34N2. The van der Waals surface area contributed by atoms with E-state index in [1.807, 2.05) is 0 Å². The first-order valence-corrected chi connectivity index (χ1v) is 7.48. The predicted molar refractivity (Wildman–Crippen MR) is 78.6 cm³/mol. The van der Waals surface area contributed by atoms with E-state index < -0.39 is 0 Å². The summed E-state index contributed by atoms with van der Waals surface area (Å²) in [5.41, 5.74) is 0. The van der Waals surface area contributed by atoms with Gasteiger partial charge in [0.15, 0.2) is 0 Å². The zero-order valence-electron chi connectivity index (χ0n) is 12.8. The molecule has 2 heteroatoms. The standard InChI is InChI=1S/C15H34N2/c1-6-16-11-9-7-8-10-12-17(5)15(4)13-14(2)3/h14-16H,6-13H2,1-5H3. The highest BCUT2D eigenvalue weighted by molar-refractivity contribution is 4.65. The van der Waals surface area contributed by atoms with Crippen molar-refractivity contribution in [2.75, 3.05) is 26.7 Å². The lowest BCUT2D eigenvalue weighted by Gasteiger charge is -2.26. The molecule has 0 spiro atoms. The van der Waals surface area contributed by atoms with Gasteiger partial charge in [-0.3, -0.25) is 0 Å². The molecule has 0 heterocycles. The number of hydrogen-bond donors (Lipinski definition) is 1. The van der Waals surface area contributed by atoms with Gasteiger partial charge in [-0.15, -0.1) is 0 Å². The summed E-state index contributed by atoms with van der Waals surface area (Å²) in [4.78, 5) is 2.52. The Morgan fingerprint density at radius 2 is 1.65 bits per heavy atom. The Labute approximate surface area is 109 Å². The van der Waals surface area contributed by atoms with Gasteiger partial charge in [-0.2, -0.15) is 0 Å². The lowest BCUT2D eigenvalue weighted by atomic mass is 10.0. The molecule has 1 atom stereocenters. The molecule has 0 aromatic rings. The fourth-order valence-corrected chi connectivity index (χ4v) is 2.22. The smallest absolute Gasteiger partial charge is 0.00663 e. The van der Waals surface area contributed by atoms with Crippen molar-refractivity contribution in [3.8, 4) is 0 Å². The van der Waals surface area contributed by atoms with E-state index in [2.05, 4.69) is 45.0 Å². The number of nitrogens with one attached hydrogen (secondary N) is 1. The summed E-state index contributed by atoms with van der Waals surface area (Å²) in [5, 5.41) is 3.38. The quantitative estimate of drug-likeness (QED) is 0.558. The molecule has 0 rings (SSSR count). The van der Waals surface area contributed by atoms with Crippen molar-refractivity contribution in [2.45, 2.75) is 65.8 Å². The van der Waals surface area contributed by atoms with Crippen molar-refractivity contribution in [3.63, 3.8) is 0 Å². The molecule has 0 fully saturated rings. The Bertz CT molecular complexity index is 157. The van der Waals surface area contributed by atoms with Crippen LogP contribution in [0.2, 0.25) is 0 Å². The first-order valence-electron chi connectivity index (χ1n) is 7.48. The second-order valence-corrected chi connectivity index (χ2v) is 5.73. The highest BCUT2D eigenvalue weighted by Gasteiger charge is 2.09. The van der Waals surface area contributed by atoms with Gasteiger partial charge in [-0.1, -0.05) is 33.6 Å². The number of hydrogen-bond acceptors (Lipinski definition) is 2. The first kappa shape index (κ1) is 16.9. The van der Waals surface area contributed by atoms with Crippen LogP contribution in [0.4, 0.5) is 0 Å². The van der Waals surface area contributed by atoms with Crippen LogP contribution in [0.15, 0.2) is 0 Å². The summed E-state index contributed by atoms with van der Waals surface area (Å²) >= 11 is 0. The monoisotopic (exact) mass is 242 g/mol. The number of unbranched alkanes of at least 4 members (excludes halogenated alkanes) is 3. The van der Waals surface area contributed by atoms with Gasteiger partial charge in [-0.25, -0.2) is 0 Å². The van der Waals surface area contributed by atoms with Gasteiger partial charge in [0.1, 0.15) is 0 Å². The maximum Gasteiger partial charge on any atom is 0.00663 e. The summed E-state index contributed by atoms with van der Waals surface area (Å²) in [6.45, 7) is 12.7. The molecule has 0 radical (unpaired) electrons. The van der Waals surface area contributed by atoms with Crippen LogP contribution in [0, 0.1) is 5.92 Å². The second-order valence-electron chi connectivity index (χ2n) is 5.73. The SMILES string of the molecule is CCNCCCCCCN(C)C(C)CC(C)C. The average Bonchev–Trinajstić information content (AvgIpc) is 2.26. The van der Waals surface area contributed by atoms with Crippen molar-refractivity contribution >= 4 is 0 Å². The van der Waals surface area contributed by atoms with Crippen molar-refractivity contribution in [1.82, 2.24) is 10.2 Å². The maximum atomic E-state index is 3.38. The van der Waals surface area contributed by atoms with E-state index in [1.165, 1.54) is 45.2 Å². The third-order valence-electron chi connectivity index (χ3n) is 3.43. The molecule has 1 N–H and O–H groups in total. The van der Waals surface area contributed by atoms with E-state index in [-0.39, 0.29) is 0 Å². The fraction of sp³-hybridized carbons (Fsp3) is 1.00. The molecule has 0 aliphatic heterocycles. The van der Waals surface area contributed by atoms with E-state index in [4.69, 9.17) is 0 Å². The molecule has 0 aromatic carbocycles. The zero-order chi connectivity index (χ0) is 13.1. The number of rotatable bonds is 11. The highest BCUT2D eigenvalue weighted by Crippen LogP contribution is 2.10. The van der Waals surface area contributed by atoms with Crippen LogP contribution < -0.4 is 5.32 Å². The molecule has 104 valence electrons. The largest absolute Gasteiger partial charge is 0.317 e. The van der Waals surface area contributed by atoms with Crippen LogP contribution >= 0.6 is 0 Å². The van der Waals surface area contributed by atoms with E-state index in [0.29, 0.717) is 0 Å². The molecule has 17 heavy (non-hydrogen) atoms. The van der Waals surface area contributed by atoms with Crippen LogP contribution in [-0.2, 0) is 0 Å². The van der Waals surface area contributed by atoms with E-state index in [0.717, 1.165) is 18.5 Å². The van der Waals surface area contributed by atoms with E-state index in [9.17, 15) is 0 Å². The normalized spacial score (nSPS) is 13.6. The Morgan fingerprint density at radius 3 is 2.24 bits per heavy atom. The lowest BCUT2D eigenvalue weighted by molar-refractivity contribution is 0.224. The molecule has 0 aromatic heterocycles. The second kappa shape index (κ2) is 11.0. The highest BCUT2D eigenvalue weighted by atomic mass is 15.1. The molecule has 0 aliphatic carbocycles. The molecule has 0 saturated heterocycles.